The third kappa shape index (κ3) is 2.65. The lowest BCUT2D eigenvalue weighted by Crippen LogP contribution is -2.35. The van der Waals surface area contributed by atoms with Crippen LogP contribution in [0, 0.1) is 6.92 Å². The van der Waals surface area contributed by atoms with Crippen LogP contribution < -0.4 is 5.56 Å². The number of nitrogens with zero attached hydrogens (tertiary/aromatic N) is 2. The van der Waals surface area contributed by atoms with E-state index in [-0.39, 0.29) is 5.56 Å². The van der Waals surface area contributed by atoms with E-state index in [0.717, 1.165) is 30.8 Å². The summed E-state index contributed by atoms with van der Waals surface area (Å²) in [5, 5.41) is 1.98. The molecule has 124 valence electrons. The van der Waals surface area contributed by atoms with Gasteiger partial charge in [-0.05, 0) is 24.3 Å². The topological polar surface area (TPSA) is 64.8 Å². The number of benzene rings is 1. The van der Waals surface area contributed by atoms with E-state index in [1.807, 2.05) is 6.26 Å². The molecule has 2 aromatic heterocycles. The molecule has 0 fully saturated rings. The Balaban J connectivity index is 1.61. The van der Waals surface area contributed by atoms with Crippen molar-refractivity contribution in [1.29, 1.82) is 0 Å². The van der Waals surface area contributed by atoms with Gasteiger partial charge in [0.1, 0.15) is 0 Å². The highest BCUT2D eigenvalue weighted by Gasteiger charge is 2.22. The number of hydrogen-bond donors (Lipinski definition) is 2. The Bertz CT molecular complexity index is 959. The zero-order valence-corrected chi connectivity index (χ0v) is 14.7. The molecule has 1 aliphatic heterocycles. The Morgan fingerprint density at radius 3 is 3.08 bits per heavy atom. The number of hydrogen-bond acceptors (Lipinski definition) is 4. The third-order valence-corrected chi connectivity index (χ3v) is 5.30. The lowest BCUT2D eigenvalue weighted by molar-refractivity contribution is 0.242. The molecule has 5 nitrogen and oxygen atoms in total. The minimum absolute atomic E-state index is 0.00354. The Morgan fingerprint density at radius 1 is 1.38 bits per heavy atom. The van der Waals surface area contributed by atoms with Gasteiger partial charge in [0.05, 0.1) is 11.3 Å². The van der Waals surface area contributed by atoms with Crippen LogP contribution in [-0.2, 0) is 19.5 Å². The lowest BCUT2D eigenvalue weighted by atomic mass is 10.1. The fourth-order valence-corrected chi connectivity index (χ4v) is 3.82. The Kier molecular flexibility index (Phi) is 3.94. The molecule has 4 rings (SSSR count). The summed E-state index contributed by atoms with van der Waals surface area (Å²) in [6.07, 6.45) is 4.85. The fourth-order valence-electron chi connectivity index (χ4n) is 3.43. The van der Waals surface area contributed by atoms with Gasteiger partial charge >= 0.3 is 0 Å². The highest BCUT2D eigenvalue weighted by molar-refractivity contribution is 7.98. The number of aryl methyl sites for hydroxylation is 1. The largest absolute Gasteiger partial charge is 0.361 e. The monoisotopic (exact) mass is 340 g/mol. The van der Waals surface area contributed by atoms with Crippen LogP contribution >= 0.6 is 11.8 Å². The zero-order chi connectivity index (χ0) is 16.7. The predicted molar refractivity (Wildman–Crippen MR) is 97.5 cm³/mol. The number of nitrogens with one attached hydrogen (secondary N) is 2. The molecule has 0 bridgehead atoms. The fraction of sp³-hybridized carbons (Fsp3) is 0.333. The maximum Gasteiger partial charge on any atom is 0.256 e. The minimum Gasteiger partial charge on any atom is -0.361 e. The average molecular weight is 340 g/mol. The van der Waals surface area contributed by atoms with E-state index < -0.39 is 0 Å². The number of thioether (sulfide) groups is 1. The first kappa shape index (κ1) is 15.5. The van der Waals surface area contributed by atoms with Gasteiger partial charge < -0.3 is 9.97 Å². The van der Waals surface area contributed by atoms with Crippen molar-refractivity contribution < 1.29 is 0 Å². The second-order valence-electron chi connectivity index (χ2n) is 6.27. The van der Waals surface area contributed by atoms with Crippen molar-refractivity contribution in [2.75, 3.05) is 12.8 Å². The highest BCUT2D eigenvalue weighted by Crippen LogP contribution is 2.24. The normalized spacial score (nSPS) is 14.9. The van der Waals surface area contributed by atoms with E-state index in [2.05, 4.69) is 51.2 Å². The maximum absolute atomic E-state index is 12.3. The third-order valence-electron chi connectivity index (χ3n) is 4.72. The van der Waals surface area contributed by atoms with Gasteiger partial charge in [-0.3, -0.25) is 9.69 Å². The summed E-state index contributed by atoms with van der Waals surface area (Å²) in [6, 6.07) is 6.37. The van der Waals surface area contributed by atoms with E-state index in [4.69, 9.17) is 0 Å². The summed E-state index contributed by atoms with van der Waals surface area (Å²) in [7, 11) is 0. The summed E-state index contributed by atoms with van der Waals surface area (Å²) in [4.78, 5) is 25.4. The van der Waals surface area contributed by atoms with Crippen LogP contribution in [0.5, 0.6) is 0 Å². The summed E-state index contributed by atoms with van der Waals surface area (Å²) < 4.78 is 0. The van der Waals surface area contributed by atoms with Crippen LogP contribution in [-0.4, -0.2) is 32.7 Å². The van der Waals surface area contributed by atoms with E-state index in [0.29, 0.717) is 11.7 Å². The summed E-state index contributed by atoms with van der Waals surface area (Å²) in [6.45, 7) is 4.54. The molecule has 0 saturated carbocycles. The molecule has 0 spiro atoms. The van der Waals surface area contributed by atoms with Crippen molar-refractivity contribution >= 4 is 22.7 Å². The molecule has 1 aromatic carbocycles. The summed E-state index contributed by atoms with van der Waals surface area (Å²) >= 11 is 1.48. The lowest BCUT2D eigenvalue weighted by Gasteiger charge is -2.27. The van der Waals surface area contributed by atoms with Gasteiger partial charge in [0.2, 0.25) is 0 Å². The second kappa shape index (κ2) is 6.11. The van der Waals surface area contributed by atoms with Crippen LogP contribution in [0.15, 0.2) is 34.3 Å². The minimum atomic E-state index is 0.00354. The summed E-state index contributed by atoms with van der Waals surface area (Å²) in [5.41, 5.74) is 5.51. The van der Waals surface area contributed by atoms with Crippen molar-refractivity contribution in [1.82, 2.24) is 19.9 Å². The number of rotatable bonds is 3. The number of aromatic nitrogens is 3. The van der Waals surface area contributed by atoms with E-state index in [1.54, 1.807) is 0 Å². The number of aromatic amines is 2. The molecule has 6 heteroatoms. The first-order valence-electron chi connectivity index (χ1n) is 8.09. The number of H-pyrrole nitrogens is 2. The quantitative estimate of drug-likeness (QED) is 0.568. The zero-order valence-electron chi connectivity index (χ0n) is 13.8. The molecule has 3 aromatic rings. The van der Waals surface area contributed by atoms with Gasteiger partial charge in [0, 0.05) is 43.2 Å². The molecule has 0 saturated heterocycles. The van der Waals surface area contributed by atoms with Crippen molar-refractivity contribution in [2.45, 2.75) is 31.6 Å². The van der Waals surface area contributed by atoms with Crippen molar-refractivity contribution in [3.05, 3.63) is 57.1 Å². The second-order valence-corrected chi connectivity index (χ2v) is 7.07. The Hall–Kier alpha value is -2.05. The molecule has 0 radical (unpaired) electrons. The molecular formula is C18H20N4OS. The molecule has 0 atom stereocenters. The average Bonchev–Trinajstić information content (AvgIpc) is 2.99. The molecular weight excluding hydrogens is 320 g/mol. The molecule has 0 aliphatic carbocycles. The molecule has 1 aliphatic rings. The van der Waals surface area contributed by atoms with Crippen LogP contribution in [0.2, 0.25) is 0 Å². The van der Waals surface area contributed by atoms with Crippen LogP contribution in [0.1, 0.15) is 22.4 Å². The first-order valence-corrected chi connectivity index (χ1v) is 9.32. The van der Waals surface area contributed by atoms with Crippen molar-refractivity contribution in [2.24, 2.45) is 0 Å². The number of fused-ring (bicyclic) bond motifs is 2. The first-order chi connectivity index (χ1) is 11.7. The van der Waals surface area contributed by atoms with E-state index >= 15 is 0 Å². The van der Waals surface area contributed by atoms with Crippen LogP contribution in [0.3, 0.4) is 0 Å². The van der Waals surface area contributed by atoms with E-state index in [9.17, 15) is 4.79 Å². The standard InChI is InChI=1S/C18H20N4OS/c1-11-4-3-5-13-12(8-19-16(11)13)9-22-7-6-15-14(10-22)17(23)21-18(20-15)24-2/h3-5,8,19H,6-7,9-10H2,1-2H3,(H,20,21,23). The molecule has 3 heterocycles. The molecule has 24 heavy (non-hydrogen) atoms. The Labute approximate surface area is 144 Å². The van der Waals surface area contributed by atoms with Gasteiger partial charge in [-0.25, -0.2) is 4.98 Å². The predicted octanol–water partition coefficient (Wildman–Crippen LogP) is 2.84. The highest BCUT2D eigenvalue weighted by atomic mass is 32.2. The van der Waals surface area contributed by atoms with Gasteiger partial charge in [-0.2, -0.15) is 0 Å². The van der Waals surface area contributed by atoms with E-state index in [1.165, 1.54) is 33.8 Å². The smallest absolute Gasteiger partial charge is 0.256 e. The van der Waals surface area contributed by atoms with Gasteiger partial charge in [-0.1, -0.05) is 30.0 Å². The maximum atomic E-state index is 12.3. The molecule has 0 amide bonds. The van der Waals surface area contributed by atoms with Crippen LogP contribution in [0.4, 0.5) is 0 Å². The van der Waals surface area contributed by atoms with Crippen molar-refractivity contribution in [3.63, 3.8) is 0 Å². The van der Waals surface area contributed by atoms with Gasteiger partial charge in [-0.15, -0.1) is 0 Å². The number of para-hydroxylation sites is 1. The van der Waals surface area contributed by atoms with Crippen molar-refractivity contribution in [3.8, 4) is 0 Å². The SMILES string of the molecule is CSc1nc2c(c(=O)[nH]1)CN(Cc1c[nH]c3c(C)cccc13)CC2. The molecule has 0 unspecified atom stereocenters. The van der Waals surface area contributed by atoms with Gasteiger partial charge in [0.25, 0.3) is 5.56 Å². The van der Waals surface area contributed by atoms with Gasteiger partial charge in [0.15, 0.2) is 5.16 Å². The summed E-state index contributed by atoms with van der Waals surface area (Å²) in [5.74, 6) is 0. The van der Waals surface area contributed by atoms with Crippen LogP contribution in [0.25, 0.3) is 10.9 Å². The molecule has 2 N–H and O–H groups in total. The Morgan fingerprint density at radius 2 is 2.25 bits per heavy atom.